The molecule has 0 spiro atoms. The van der Waals surface area contributed by atoms with Crippen molar-refractivity contribution in [2.75, 3.05) is 6.61 Å². The summed E-state index contributed by atoms with van der Waals surface area (Å²) in [6, 6.07) is 19.2. The van der Waals surface area contributed by atoms with Crippen molar-refractivity contribution in [3.63, 3.8) is 0 Å². The third-order valence-electron chi connectivity index (χ3n) is 8.76. The average molecular weight is 588 g/mol. The number of aromatic hydroxyl groups is 1. The van der Waals surface area contributed by atoms with Crippen molar-refractivity contribution >= 4 is 46.4 Å². The number of rotatable bonds is 8. The number of halogens is 1. The van der Waals surface area contributed by atoms with Crippen LogP contribution in [0.3, 0.4) is 0 Å². The van der Waals surface area contributed by atoms with Crippen LogP contribution in [0, 0.1) is 23.7 Å². The number of carbonyl (C=O) groups is 2. The molecule has 5 nitrogen and oxygen atoms in total. The van der Waals surface area contributed by atoms with E-state index < -0.39 is 0 Å². The van der Waals surface area contributed by atoms with E-state index in [1.54, 1.807) is 23.5 Å². The van der Waals surface area contributed by atoms with E-state index in [0.717, 1.165) is 34.4 Å². The second-order valence-corrected chi connectivity index (χ2v) is 13.0. The molecule has 212 valence electrons. The van der Waals surface area contributed by atoms with Gasteiger partial charge in [0.25, 0.3) is 0 Å². The number of likely N-dealkylation sites (tertiary alicyclic amines) is 1. The molecule has 3 aromatic rings. The van der Waals surface area contributed by atoms with Crippen molar-refractivity contribution in [3.05, 3.63) is 98.2 Å². The lowest BCUT2D eigenvalue weighted by molar-refractivity contribution is -0.140. The van der Waals surface area contributed by atoms with Crippen LogP contribution in [0.5, 0.6) is 5.75 Å². The van der Waals surface area contributed by atoms with Crippen LogP contribution in [0.2, 0.25) is 5.02 Å². The Morgan fingerprint density at radius 1 is 1.10 bits per heavy atom. The first-order chi connectivity index (χ1) is 19.8. The number of thiophene rings is 1. The molecule has 1 N–H and O–H groups in total. The number of allylic oxidation sites excluding steroid dienone is 2. The average Bonchev–Trinajstić information content (AvgIpc) is 3.68. The molecule has 3 aliphatic rings. The largest absolute Gasteiger partial charge is 0.508 e. The first kappa shape index (κ1) is 28.0. The summed E-state index contributed by atoms with van der Waals surface area (Å²) in [7, 11) is 0. The van der Waals surface area contributed by atoms with Gasteiger partial charge in [-0.3, -0.25) is 14.5 Å². The number of ether oxygens (including phenoxy) is 1. The number of benzene rings is 2. The number of hydrogen-bond acceptors (Lipinski definition) is 5. The predicted molar refractivity (Wildman–Crippen MR) is 163 cm³/mol. The standard InChI is InChI=1S/C34H34ClNO4S/c1-20(2)26-17-27-32(34(39)36(33(27)38)18-25-9-6-14-41-25)28-19-40-30(31(26)28)13-11-22(21-7-4-3-5-8-21)15-23-10-12-24(37)16-29(23)35/h3-10,12,14-16,20,27-28,30,32,37H,11,13,17-19H2,1-2H3/b22-15-/t27-,28+,30-,32-/m1/s1. The van der Waals surface area contributed by atoms with Crippen LogP contribution in [-0.2, 0) is 20.9 Å². The summed E-state index contributed by atoms with van der Waals surface area (Å²) < 4.78 is 6.47. The van der Waals surface area contributed by atoms with Crippen molar-refractivity contribution in [1.82, 2.24) is 4.90 Å². The molecule has 4 atom stereocenters. The molecular weight excluding hydrogens is 554 g/mol. The minimum Gasteiger partial charge on any atom is -0.508 e. The molecule has 2 aliphatic heterocycles. The lowest BCUT2D eigenvalue weighted by Crippen LogP contribution is -2.35. The number of hydrogen-bond donors (Lipinski definition) is 1. The highest BCUT2D eigenvalue weighted by Gasteiger charge is 2.57. The van der Waals surface area contributed by atoms with Gasteiger partial charge in [-0.2, -0.15) is 0 Å². The molecule has 1 aliphatic carbocycles. The number of nitrogens with zero attached hydrogens (tertiary/aromatic N) is 1. The Bertz CT molecular complexity index is 1510. The highest BCUT2D eigenvalue weighted by Crippen LogP contribution is 2.51. The fraction of sp³-hybridized carbons (Fsp3) is 0.353. The lowest BCUT2D eigenvalue weighted by Gasteiger charge is -2.33. The Labute approximate surface area is 250 Å². The molecule has 0 bridgehead atoms. The maximum Gasteiger partial charge on any atom is 0.234 e. The van der Waals surface area contributed by atoms with E-state index in [-0.39, 0.29) is 47.3 Å². The molecule has 2 amide bonds. The van der Waals surface area contributed by atoms with Gasteiger partial charge >= 0.3 is 0 Å². The molecule has 3 heterocycles. The quantitative estimate of drug-likeness (QED) is 0.167. The summed E-state index contributed by atoms with van der Waals surface area (Å²) in [6.45, 7) is 5.19. The van der Waals surface area contributed by atoms with Gasteiger partial charge in [0.05, 0.1) is 36.1 Å². The SMILES string of the molecule is CC(C)C1=C2[C@@H](CC/C(=C/c3ccc(O)cc3Cl)c3ccccc3)OC[C@@H]2[C@@H]2C(=O)N(Cc3cccs3)C(=O)[C@@H]2C1. The molecule has 2 saturated heterocycles. The van der Waals surface area contributed by atoms with E-state index in [0.29, 0.717) is 24.6 Å². The normalized spacial score (nSPS) is 24.4. The van der Waals surface area contributed by atoms with Gasteiger partial charge in [-0.1, -0.05) is 67.4 Å². The number of phenols is 1. The number of fused-ring (bicyclic) bond motifs is 3. The first-order valence-corrected chi connectivity index (χ1v) is 15.5. The molecule has 41 heavy (non-hydrogen) atoms. The molecule has 6 rings (SSSR count). The van der Waals surface area contributed by atoms with E-state index in [4.69, 9.17) is 16.3 Å². The molecule has 7 heteroatoms. The second-order valence-electron chi connectivity index (χ2n) is 11.5. The molecule has 2 fully saturated rings. The van der Waals surface area contributed by atoms with Gasteiger partial charge < -0.3 is 9.84 Å². The van der Waals surface area contributed by atoms with Gasteiger partial charge in [-0.25, -0.2) is 0 Å². The molecule has 1 aromatic heterocycles. The molecular formula is C34H34ClNO4S. The Morgan fingerprint density at radius 2 is 1.90 bits per heavy atom. The van der Waals surface area contributed by atoms with Crippen molar-refractivity contribution in [1.29, 1.82) is 0 Å². The van der Waals surface area contributed by atoms with E-state index >= 15 is 0 Å². The maximum absolute atomic E-state index is 13.7. The smallest absolute Gasteiger partial charge is 0.234 e. The summed E-state index contributed by atoms with van der Waals surface area (Å²) in [5, 5.41) is 12.3. The number of amides is 2. The van der Waals surface area contributed by atoms with Crippen molar-refractivity contribution in [3.8, 4) is 5.75 Å². The first-order valence-electron chi connectivity index (χ1n) is 14.3. The van der Waals surface area contributed by atoms with Crippen LogP contribution in [-0.4, -0.2) is 34.5 Å². The number of carbonyl (C=O) groups excluding carboxylic acids is 2. The number of imide groups is 1. The zero-order chi connectivity index (χ0) is 28.7. The minimum atomic E-state index is -0.343. The van der Waals surface area contributed by atoms with Crippen LogP contribution in [0.4, 0.5) is 0 Å². The fourth-order valence-electron chi connectivity index (χ4n) is 6.80. The van der Waals surface area contributed by atoms with Gasteiger partial charge in [-0.15, -0.1) is 11.3 Å². The van der Waals surface area contributed by atoms with E-state index in [1.165, 1.54) is 16.0 Å². The zero-order valence-electron chi connectivity index (χ0n) is 23.3. The van der Waals surface area contributed by atoms with Crippen LogP contribution in [0.15, 0.2) is 77.2 Å². The Morgan fingerprint density at radius 3 is 2.61 bits per heavy atom. The van der Waals surface area contributed by atoms with Crippen LogP contribution in [0.25, 0.3) is 11.6 Å². The summed E-state index contributed by atoms with van der Waals surface area (Å²) >= 11 is 8.04. The van der Waals surface area contributed by atoms with Crippen molar-refractivity contribution in [2.45, 2.75) is 45.8 Å². The van der Waals surface area contributed by atoms with Crippen molar-refractivity contribution < 1.29 is 19.4 Å². The lowest BCUT2D eigenvalue weighted by atomic mass is 9.67. The van der Waals surface area contributed by atoms with Crippen molar-refractivity contribution in [2.24, 2.45) is 23.7 Å². The summed E-state index contributed by atoms with van der Waals surface area (Å²) in [5.41, 5.74) is 5.60. The Hall–Kier alpha value is -3.19. The Kier molecular flexibility index (Phi) is 7.90. The summed E-state index contributed by atoms with van der Waals surface area (Å²) in [6.07, 6.45) is 4.12. The molecule has 0 radical (unpaired) electrons. The van der Waals surface area contributed by atoms with Gasteiger partial charge in [0.2, 0.25) is 11.8 Å². The highest BCUT2D eigenvalue weighted by atomic mass is 35.5. The zero-order valence-corrected chi connectivity index (χ0v) is 24.8. The predicted octanol–water partition coefficient (Wildman–Crippen LogP) is 7.60. The molecule has 2 aromatic carbocycles. The fourth-order valence-corrected chi connectivity index (χ4v) is 7.72. The third kappa shape index (κ3) is 5.41. The van der Waals surface area contributed by atoms with Crippen LogP contribution >= 0.6 is 22.9 Å². The monoisotopic (exact) mass is 587 g/mol. The summed E-state index contributed by atoms with van der Waals surface area (Å²) in [4.78, 5) is 29.7. The number of phenolic OH excluding ortho intramolecular Hbond substituents is 1. The molecule has 0 saturated carbocycles. The van der Waals surface area contributed by atoms with Gasteiger partial charge in [0.15, 0.2) is 0 Å². The summed E-state index contributed by atoms with van der Waals surface area (Å²) in [5.74, 6) is -0.374. The Balaban J connectivity index is 1.27. The van der Waals surface area contributed by atoms with Crippen LogP contribution in [0.1, 0.15) is 49.1 Å². The van der Waals surface area contributed by atoms with E-state index in [1.807, 2.05) is 41.8 Å². The minimum absolute atomic E-state index is 0.0332. The van der Waals surface area contributed by atoms with E-state index in [2.05, 4.69) is 32.1 Å². The topological polar surface area (TPSA) is 66.8 Å². The van der Waals surface area contributed by atoms with E-state index in [9.17, 15) is 14.7 Å². The maximum atomic E-state index is 13.7. The van der Waals surface area contributed by atoms with Crippen LogP contribution < -0.4 is 0 Å². The molecule has 0 unspecified atom stereocenters. The van der Waals surface area contributed by atoms with Gasteiger partial charge in [0, 0.05) is 10.8 Å². The van der Waals surface area contributed by atoms with Gasteiger partial charge in [-0.05, 0) is 83.2 Å². The third-order valence-corrected chi connectivity index (χ3v) is 9.95. The van der Waals surface area contributed by atoms with Gasteiger partial charge in [0.1, 0.15) is 5.75 Å². The highest BCUT2D eigenvalue weighted by molar-refractivity contribution is 7.09. The second kappa shape index (κ2) is 11.6.